The Bertz CT molecular complexity index is 623. The zero-order valence-electron chi connectivity index (χ0n) is 10.3. The van der Waals surface area contributed by atoms with Gasteiger partial charge in [-0.15, -0.1) is 0 Å². The van der Waals surface area contributed by atoms with Gasteiger partial charge < -0.3 is 4.74 Å². The molecule has 1 unspecified atom stereocenters. The highest BCUT2D eigenvalue weighted by Crippen LogP contribution is 2.33. The molecular formula is C16H15NO. The summed E-state index contributed by atoms with van der Waals surface area (Å²) in [5.74, 6) is 0. The maximum atomic E-state index is 5.68. The lowest BCUT2D eigenvalue weighted by atomic mass is 9.95. The van der Waals surface area contributed by atoms with E-state index in [1.807, 2.05) is 12.4 Å². The average molecular weight is 237 g/mol. The zero-order chi connectivity index (χ0) is 12.4. The first-order valence-electron chi connectivity index (χ1n) is 6.11. The van der Waals surface area contributed by atoms with Crippen LogP contribution in [0.1, 0.15) is 18.1 Å². The van der Waals surface area contributed by atoms with Crippen LogP contribution < -0.4 is 0 Å². The predicted molar refractivity (Wildman–Crippen MR) is 74.9 cm³/mol. The van der Waals surface area contributed by atoms with E-state index in [9.17, 15) is 0 Å². The molecule has 0 aliphatic carbocycles. The topological polar surface area (TPSA) is 21.6 Å². The summed E-state index contributed by atoms with van der Waals surface area (Å²) in [6.45, 7) is 0. The quantitative estimate of drug-likeness (QED) is 0.793. The standard InChI is InChI=1S/C16H15NO/c1-18-16(13-9-10-17-11-13)15-8-4-6-12-5-2-3-7-14(12)15/h2-8,10-11,16H,9H2,1H3. The van der Waals surface area contributed by atoms with Gasteiger partial charge in [0.2, 0.25) is 0 Å². The van der Waals surface area contributed by atoms with Crippen molar-refractivity contribution in [2.75, 3.05) is 7.11 Å². The van der Waals surface area contributed by atoms with Crippen LogP contribution in [0, 0.1) is 0 Å². The minimum Gasteiger partial charge on any atom is -0.372 e. The normalized spacial score (nSPS) is 15.9. The highest BCUT2D eigenvalue weighted by molar-refractivity contribution is 5.86. The van der Waals surface area contributed by atoms with Crippen LogP contribution in [0.2, 0.25) is 0 Å². The van der Waals surface area contributed by atoms with Crippen LogP contribution in [0.4, 0.5) is 0 Å². The fraction of sp³-hybridized carbons (Fsp3) is 0.188. The molecule has 0 bridgehead atoms. The van der Waals surface area contributed by atoms with Gasteiger partial charge in [0.25, 0.3) is 0 Å². The van der Waals surface area contributed by atoms with Crippen LogP contribution >= 0.6 is 0 Å². The van der Waals surface area contributed by atoms with Gasteiger partial charge in [-0.25, -0.2) is 0 Å². The molecule has 3 rings (SSSR count). The van der Waals surface area contributed by atoms with Gasteiger partial charge in [0.15, 0.2) is 0 Å². The zero-order valence-corrected chi connectivity index (χ0v) is 10.3. The maximum Gasteiger partial charge on any atom is 0.106 e. The highest BCUT2D eigenvalue weighted by Gasteiger charge is 2.19. The van der Waals surface area contributed by atoms with Crippen molar-refractivity contribution < 1.29 is 4.74 Å². The summed E-state index contributed by atoms with van der Waals surface area (Å²) in [7, 11) is 1.76. The first-order chi connectivity index (χ1) is 8.90. The molecule has 2 aromatic rings. The minimum atomic E-state index is -0.00130. The number of rotatable bonds is 3. The second-order valence-corrected chi connectivity index (χ2v) is 4.42. The van der Waals surface area contributed by atoms with Gasteiger partial charge >= 0.3 is 0 Å². The second kappa shape index (κ2) is 4.75. The molecule has 0 aromatic heterocycles. The second-order valence-electron chi connectivity index (χ2n) is 4.42. The van der Waals surface area contributed by atoms with Gasteiger partial charge in [0, 0.05) is 25.9 Å². The van der Waals surface area contributed by atoms with Crippen LogP contribution in [0.3, 0.4) is 0 Å². The fourth-order valence-electron chi connectivity index (χ4n) is 2.49. The Morgan fingerprint density at radius 2 is 1.94 bits per heavy atom. The van der Waals surface area contributed by atoms with Crippen molar-refractivity contribution in [2.24, 2.45) is 4.99 Å². The molecule has 0 spiro atoms. The number of hydrogen-bond donors (Lipinski definition) is 0. The van der Waals surface area contributed by atoms with Gasteiger partial charge in [-0.2, -0.15) is 0 Å². The lowest BCUT2D eigenvalue weighted by Gasteiger charge is -2.18. The molecule has 18 heavy (non-hydrogen) atoms. The lowest BCUT2D eigenvalue weighted by Crippen LogP contribution is -2.05. The van der Waals surface area contributed by atoms with E-state index < -0.39 is 0 Å². The number of nitrogens with zero attached hydrogens (tertiary/aromatic N) is 1. The van der Waals surface area contributed by atoms with Crippen molar-refractivity contribution >= 4 is 17.0 Å². The van der Waals surface area contributed by atoms with Crippen molar-refractivity contribution in [3.63, 3.8) is 0 Å². The van der Waals surface area contributed by atoms with Crippen molar-refractivity contribution in [3.8, 4) is 0 Å². The van der Waals surface area contributed by atoms with E-state index in [0.717, 1.165) is 6.42 Å². The predicted octanol–water partition coefficient (Wildman–Crippen LogP) is 3.89. The Morgan fingerprint density at radius 3 is 2.72 bits per heavy atom. The highest BCUT2D eigenvalue weighted by atomic mass is 16.5. The SMILES string of the molecule is COC(C1=CN=CC1)c1cccc2ccccc12. The first-order valence-corrected chi connectivity index (χ1v) is 6.11. The summed E-state index contributed by atoms with van der Waals surface area (Å²) in [4.78, 5) is 4.17. The Labute approximate surface area is 107 Å². The molecular weight excluding hydrogens is 222 g/mol. The molecule has 0 amide bonds. The molecule has 0 N–H and O–H groups in total. The van der Waals surface area contributed by atoms with Crippen LogP contribution in [-0.2, 0) is 4.74 Å². The van der Waals surface area contributed by atoms with E-state index in [2.05, 4.69) is 47.5 Å². The molecule has 90 valence electrons. The molecule has 0 radical (unpaired) electrons. The van der Waals surface area contributed by atoms with E-state index >= 15 is 0 Å². The monoisotopic (exact) mass is 237 g/mol. The molecule has 2 nitrogen and oxygen atoms in total. The average Bonchev–Trinajstić information content (AvgIpc) is 2.94. The Morgan fingerprint density at radius 1 is 1.11 bits per heavy atom. The van der Waals surface area contributed by atoms with E-state index in [0.29, 0.717) is 0 Å². The van der Waals surface area contributed by atoms with Crippen LogP contribution in [0.25, 0.3) is 10.8 Å². The number of fused-ring (bicyclic) bond motifs is 1. The lowest BCUT2D eigenvalue weighted by molar-refractivity contribution is 0.133. The smallest absolute Gasteiger partial charge is 0.106 e. The van der Waals surface area contributed by atoms with Crippen molar-refractivity contribution in [3.05, 3.63) is 59.8 Å². The molecule has 1 aliphatic rings. The summed E-state index contributed by atoms with van der Waals surface area (Å²) in [6, 6.07) is 14.8. The molecule has 2 aromatic carbocycles. The summed E-state index contributed by atoms with van der Waals surface area (Å²) in [6.07, 6.45) is 4.71. The fourth-order valence-corrected chi connectivity index (χ4v) is 2.49. The minimum absolute atomic E-state index is 0.00130. The molecule has 1 heterocycles. The van der Waals surface area contributed by atoms with E-state index in [4.69, 9.17) is 4.74 Å². The summed E-state index contributed by atoms with van der Waals surface area (Å²) in [5, 5.41) is 2.50. The molecule has 0 fully saturated rings. The largest absolute Gasteiger partial charge is 0.372 e. The van der Waals surface area contributed by atoms with E-state index in [1.54, 1.807) is 7.11 Å². The van der Waals surface area contributed by atoms with Gasteiger partial charge in [-0.1, -0.05) is 42.5 Å². The molecule has 1 aliphatic heterocycles. The van der Waals surface area contributed by atoms with Crippen LogP contribution in [0.5, 0.6) is 0 Å². The number of benzene rings is 2. The number of aliphatic imine (C=N–C) groups is 1. The summed E-state index contributed by atoms with van der Waals surface area (Å²) >= 11 is 0. The van der Waals surface area contributed by atoms with E-state index in [-0.39, 0.29) is 6.10 Å². The third kappa shape index (κ3) is 1.85. The third-order valence-electron chi connectivity index (χ3n) is 3.35. The van der Waals surface area contributed by atoms with Crippen LogP contribution in [0.15, 0.2) is 59.2 Å². The van der Waals surface area contributed by atoms with Crippen molar-refractivity contribution in [2.45, 2.75) is 12.5 Å². The number of ether oxygens (including phenoxy) is 1. The number of methoxy groups -OCH3 is 1. The van der Waals surface area contributed by atoms with Gasteiger partial charge in [-0.05, 0) is 21.9 Å². The van der Waals surface area contributed by atoms with Gasteiger partial charge in [0.05, 0.1) is 0 Å². The molecule has 2 heteroatoms. The molecule has 0 saturated heterocycles. The molecule has 0 saturated carbocycles. The van der Waals surface area contributed by atoms with Gasteiger partial charge in [0.1, 0.15) is 6.10 Å². The maximum absolute atomic E-state index is 5.68. The Hall–Kier alpha value is -1.93. The van der Waals surface area contributed by atoms with Crippen molar-refractivity contribution in [1.82, 2.24) is 0 Å². The first kappa shape index (κ1) is 11.2. The van der Waals surface area contributed by atoms with Crippen LogP contribution in [-0.4, -0.2) is 13.3 Å². The summed E-state index contributed by atoms with van der Waals surface area (Å²) < 4.78 is 5.68. The Balaban J connectivity index is 2.12. The van der Waals surface area contributed by atoms with E-state index in [1.165, 1.54) is 21.9 Å². The van der Waals surface area contributed by atoms with Crippen molar-refractivity contribution in [1.29, 1.82) is 0 Å². The Kier molecular flexibility index (Phi) is 2.95. The van der Waals surface area contributed by atoms with Gasteiger partial charge in [-0.3, -0.25) is 4.99 Å². The third-order valence-corrected chi connectivity index (χ3v) is 3.35. The molecule has 1 atom stereocenters. The summed E-state index contributed by atoms with van der Waals surface area (Å²) in [5.41, 5.74) is 2.43. The number of hydrogen-bond acceptors (Lipinski definition) is 2.